The Kier molecular flexibility index (Phi) is 2.39. The predicted molar refractivity (Wildman–Crippen MR) is 60.2 cm³/mol. The van der Waals surface area contributed by atoms with Crippen molar-refractivity contribution in [2.75, 3.05) is 7.05 Å². The average molecular weight is 203 g/mol. The number of hydrazone groups is 1. The number of hydrogen-bond donors (Lipinski definition) is 0. The second kappa shape index (κ2) is 3.70. The fourth-order valence-corrected chi connectivity index (χ4v) is 1.52. The maximum atomic E-state index is 4.55. The van der Waals surface area contributed by atoms with Gasteiger partial charge in [-0.1, -0.05) is 6.07 Å². The lowest BCUT2D eigenvalue weighted by Crippen LogP contribution is -2.16. The van der Waals surface area contributed by atoms with Gasteiger partial charge < -0.3 is 0 Å². The third-order valence-electron chi connectivity index (χ3n) is 2.10. The van der Waals surface area contributed by atoms with Crippen molar-refractivity contribution in [1.29, 1.82) is 0 Å². The topological polar surface area (TPSA) is 28.0 Å². The van der Waals surface area contributed by atoms with Crippen molar-refractivity contribution in [1.82, 2.24) is 5.01 Å². The molecule has 1 aromatic carbocycles. The quantitative estimate of drug-likeness (QED) is 0.517. The van der Waals surface area contributed by atoms with Crippen LogP contribution in [-0.4, -0.2) is 23.4 Å². The molecule has 0 saturated carbocycles. The smallest absolute Gasteiger partial charge is 0.0746 e. The van der Waals surface area contributed by atoms with Crippen LogP contribution in [0.2, 0.25) is 0 Å². The van der Waals surface area contributed by atoms with E-state index in [1.165, 1.54) is 5.56 Å². The molecule has 2 rings (SSSR count). The summed E-state index contributed by atoms with van der Waals surface area (Å²) >= 11 is 4.55. The molecule has 0 unspecified atom stereocenters. The number of hydrogen-bond acceptors (Lipinski definition) is 4. The zero-order valence-corrected chi connectivity index (χ0v) is 8.58. The van der Waals surface area contributed by atoms with Crippen LogP contribution >= 0.6 is 12.2 Å². The highest BCUT2D eigenvalue weighted by Crippen LogP contribution is 2.20. The average Bonchev–Trinajstić information content (AvgIpc) is 2.19. The van der Waals surface area contributed by atoms with Gasteiger partial charge in [-0.25, -0.2) is 0 Å². The summed E-state index contributed by atoms with van der Waals surface area (Å²) in [5.74, 6) is 0. The van der Waals surface area contributed by atoms with Crippen molar-refractivity contribution in [2.45, 2.75) is 6.54 Å². The van der Waals surface area contributed by atoms with Crippen LogP contribution in [0.4, 0.5) is 5.69 Å². The molecule has 0 spiro atoms. The maximum Gasteiger partial charge on any atom is 0.0746 e. The molecule has 0 amide bonds. The maximum absolute atomic E-state index is 4.55. The molecule has 0 saturated heterocycles. The molecule has 0 radical (unpaired) electrons. The van der Waals surface area contributed by atoms with Gasteiger partial charge >= 0.3 is 0 Å². The Labute approximate surface area is 87.8 Å². The summed E-state index contributed by atoms with van der Waals surface area (Å²) in [6, 6.07) is 5.94. The summed E-state index contributed by atoms with van der Waals surface area (Å²) < 4.78 is 0. The Morgan fingerprint density at radius 2 is 2.43 bits per heavy atom. The molecule has 0 aromatic heterocycles. The van der Waals surface area contributed by atoms with Crippen molar-refractivity contribution >= 4 is 29.3 Å². The molecule has 14 heavy (non-hydrogen) atoms. The minimum absolute atomic E-state index is 0.828. The molecule has 0 N–H and O–H groups in total. The third-order valence-corrected chi connectivity index (χ3v) is 2.19. The van der Waals surface area contributed by atoms with Gasteiger partial charge in [0.2, 0.25) is 0 Å². The van der Waals surface area contributed by atoms with Gasteiger partial charge in [-0.05, 0) is 29.9 Å². The van der Waals surface area contributed by atoms with Crippen molar-refractivity contribution in [3.63, 3.8) is 0 Å². The van der Waals surface area contributed by atoms with Crippen LogP contribution < -0.4 is 0 Å². The lowest BCUT2D eigenvalue weighted by Gasteiger charge is -2.19. The largest absolute Gasteiger partial charge is 0.296 e. The van der Waals surface area contributed by atoms with Crippen molar-refractivity contribution in [3.8, 4) is 0 Å². The standard InChI is InChI=1S/C10H9N3S/c1-13-6-8-2-3-10(11-7-14)4-9(8)5-12-13/h2-5H,6H2,1H3. The van der Waals surface area contributed by atoms with E-state index in [1.54, 1.807) is 0 Å². The second-order valence-corrected chi connectivity index (χ2v) is 3.33. The highest BCUT2D eigenvalue weighted by Gasteiger charge is 2.08. The molecular weight excluding hydrogens is 194 g/mol. The van der Waals surface area contributed by atoms with Gasteiger partial charge in [0, 0.05) is 12.6 Å². The lowest BCUT2D eigenvalue weighted by molar-refractivity contribution is 0.343. The SMILES string of the molecule is CN1Cc2ccc(N=C=S)cc2C=N1. The Hall–Kier alpha value is -1.51. The van der Waals surface area contributed by atoms with Crippen LogP contribution in [0.15, 0.2) is 28.3 Å². The van der Waals surface area contributed by atoms with Gasteiger partial charge in [-0.2, -0.15) is 10.1 Å². The molecule has 4 heteroatoms. The molecule has 1 aliphatic heterocycles. The highest BCUT2D eigenvalue weighted by molar-refractivity contribution is 7.78. The summed E-state index contributed by atoms with van der Waals surface area (Å²) in [5.41, 5.74) is 3.19. The van der Waals surface area contributed by atoms with Crippen molar-refractivity contribution in [3.05, 3.63) is 29.3 Å². The fraction of sp³-hybridized carbons (Fsp3) is 0.200. The molecule has 0 fully saturated rings. The molecule has 3 nitrogen and oxygen atoms in total. The number of nitrogens with zero attached hydrogens (tertiary/aromatic N) is 3. The number of fused-ring (bicyclic) bond motifs is 1. The Balaban J connectivity index is 2.43. The van der Waals surface area contributed by atoms with Gasteiger partial charge in [0.05, 0.1) is 23.6 Å². The molecule has 0 bridgehead atoms. The monoisotopic (exact) mass is 203 g/mol. The van der Waals surface area contributed by atoms with E-state index in [4.69, 9.17) is 0 Å². The number of thiocarbonyl (C=S) groups is 1. The van der Waals surface area contributed by atoms with Gasteiger partial charge in [0.15, 0.2) is 0 Å². The molecule has 0 aliphatic carbocycles. The highest BCUT2D eigenvalue weighted by atomic mass is 32.1. The van der Waals surface area contributed by atoms with Crippen LogP contribution in [0.1, 0.15) is 11.1 Å². The molecule has 70 valence electrons. The van der Waals surface area contributed by atoms with Crippen LogP contribution in [0, 0.1) is 0 Å². The van der Waals surface area contributed by atoms with E-state index in [9.17, 15) is 0 Å². The third kappa shape index (κ3) is 1.71. The summed E-state index contributed by atoms with van der Waals surface area (Å²) in [7, 11) is 1.95. The normalized spacial score (nSPS) is 13.4. The molecule has 1 aliphatic rings. The number of benzene rings is 1. The zero-order valence-electron chi connectivity index (χ0n) is 7.77. The number of rotatable bonds is 1. The predicted octanol–water partition coefficient (Wildman–Crippen LogP) is 2.20. The molecular formula is C10H9N3S. The second-order valence-electron chi connectivity index (χ2n) is 3.15. The van der Waals surface area contributed by atoms with E-state index in [0.717, 1.165) is 17.8 Å². The van der Waals surface area contributed by atoms with E-state index in [1.807, 2.05) is 36.5 Å². The van der Waals surface area contributed by atoms with E-state index in [2.05, 4.69) is 27.5 Å². The first-order valence-electron chi connectivity index (χ1n) is 4.25. The lowest BCUT2D eigenvalue weighted by atomic mass is 10.1. The van der Waals surface area contributed by atoms with Gasteiger partial charge in [-0.15, -0.1) is 0 Å². The molecule has 1 aromatic rings. The van der Waals surface area contributed by atoms with E-state index < -0.39 is 0 Å². The molecule has 0 atom stereocenters. The van der Waals surface area contributed by atoms with E-state index in [0.29, 0.717) is 0 Å². The van der Waals surface area contributed by atoms with Crippen LogP contribution in [0.25, 0.3) is 0 Å². The summed E-state index contributed by atoms with van der Waals surface area (Å²) in [5, 5.41) is 8.44. The minimum Gasteiger partial charge on any atom is -0.296 e. The Morgan fingerprint density at radius 3 is 3.21 bits per heavy atom. The van der Waals surface area contributed by atoms with Crippen LogP contribution in [0.3, 0.4) is 0 Å². The van der Waals surface area contributed by atoms with Gasteiger partial charge in [0.1, 0.15) is 0 Å². The van der Waals surface area contributed by atoms with Gasteiger partial charge in [-0.3, -0.25) is 5.01 Å². The zero-order chi connectivity index (χ0) is 9.97. The van der Waals surface area contributed by atoms with E-state index in [-0.39, 0.29) is 0 Å². The summed E-state index contributed by atoms with van der Waals surface area (Å²) in [6.07, 6.45) is 1.83. The van der Waals surface area contributed by atoms with Crippen molar-refractivity contribution in [2.24, 2.45) is 10.1 Å². The first-order valence-corrected chi connectivity index (χ1v) is 4.66. The summed E-state index contributed by atoms with van der Waals surface area (Å²) in [4.78, 5) is 3.92. The van der Waals surface area contributed by atoms with Crippen LogP contribution in [0.5, 0.6) is 0 Å². The van der Waals surface area contributed by atoms with E-state index >= 15 is 0 Å². The number of isothiocyanates is 1. The first-order chi connectivity index (χ1) is 6.79. The van der Waals surface area contributed by atoms with Crippen LogP contribution in [-0.2, 0) is 6.54 Å². The fourth-order valence-electron chi connectivity index (χ4n) is 1.42. The number of aliphatic imine (C=N–C) groups is 1. The van der Waals surface area contributed by atoms with Gasteiger partial charge in [0.25, 0.3) is 0 Å². The Bertz CT molecular complexity index is 433. The van der Waals surface area contributed by atoms with Crippen molar-refractivity contribution < 1.29 is 0 Å². The minimum atomic E-state index is 0.828. The molecule has 1 heterocycles. The Morgan fingerprint density at radius 1 is 1.57 bits per heavy atom. The first kappa shape index (κ1) is 9.06. The summed E-state index contributed by atoms with van der Waals surface area (Å²) in [6.45, 7) is 0.841.